The van der Waals surface area contributed by atoms with Crippen molar-refractivity contribution in [2.75, 3.05) is 26.3 Å². The minimum Gasteiger partial charge on any atom is -0.489 e. The van der Waals surface area contributed by atoms with Gasteiger partial charge < -0.3 is 9.47 Å². The number of benzene rings is 3. The molecule has 0 radical (unpaired) electrons. The zero-order chi connectivity index (χ0) is 18.7. The summed E-state index contributed by atoms with van der Waals surface area (Å²) in [5.41, 5.74) is 1.10. The number of hydrogen-bond acceptors (Lipinski definition) is 4. The molecule has 1 heterocycles. The molecule has 3 aromatic rings. The molecule has 0 atom stereocenters. The van der Waals surface area contributed by atoms with Crippen LogP contribution in [0.1, 0.15) is 5.56 Å². The highest BCUT2D eigenvalue weighted by Gasteiger charge is 2.26. The average Bonchev–Trinajstić information content (AvgIpc) is 2.73. The van der Waals surface area contributed by atoms with Crippen LogP contribution in [-0.2, 0) is 21.4 Å². The number of nitrogens with zero attached hydrogens (tertiary/aromatic N) is 1. The molecule has 27 heavy (non-hydrogen) atoms. The molecule has 0 bridgehead atoms. The summed E-state index contributed by atoms with van der Waals surface area (Å²) in [6.45, 7) is 2.08. The lowest BCUT2D eigenvalue weighted by molar-refractivity contribution is 0.0730. The summed E-state index contributed by atoms with van der Waals surface area (Å²) in [6, 6.07) is 20.9. The van der Waals surface area contributed by atoms with Crippen molar-refractivity contribution in [3.05, 3.63) is 72.3 Å². The van der Waals surface area contributed by atoms with E-state index in [1.807, 2.05) is 24.3 Å². The number of ether oxygens (including phenoxy) is 2. The number of fused-ring (bicyclic) bond motifs is 1. The second kappa shape index (κ2) is 7.68. The lowest BCUT2D eigenvalue weighted by Crippen LogP contribution is -2.40. The fraction of sp³-hybridized carbons (Fsp3) is 0.238. The Morgan fingerprint density at radius 3 is 2.37 bits per heavy atom. The van der Waals surface area contributed by atoms with Gasteiger partial charge in [0, 0.05) is 13.1 Å². The largest absolute Gasteiger partial charge is 0.489 e. The van der Waals surface area contributed by atoms with E-state index in [4.69, 9.17) is 9.47 Å². The molecule has 0 aliphatic carbocycles. The molecule has 1 saturated heterocycles. The zero-order valence-corrected chi connectivity index (χ0v) is 15.7. The molecule has 0 aromatic heterocycles. The van der Waals surface area contributed by atoms with Gasteiger partial charge in [-0.3, -0.25) is 0 Å². The van der Waals surface area contributed by atoms with E-state index in [9.17, 15) is 8.42 Å². The minimum absolute atomic E-state index is 0.280. The van der Waals surface area contributed by atoms with E-state index in [-0.39, 0.29) is 4.90 Å². The molecule has 0 spiro atoms. The predicted octanol–water partition coefficient (Wildman–Crippen LogP) is 3.44. The minimum atomic E-state index is -3.48. The van der Waals surface area contributed by atoms with Gasteiger partial charge in [0.15, 0.2) is 0 Å². The number of morpholine rings is 1. The van der Waals surface area contributed by atoms with Crippen molar-refractivity contribution in [2.45, 2.75) is 11.5 Å². The number of rotatable bonds is 5. The standard InChI is InChI=1S/C21H21NO4S/c23-27(24,22-12-14-25-15-13-22)20-10-8-19(9-11-20)26-16-18-6-3-5-17-4-1-2-7-21(17)18/h1-11H,12-16H2. The molecule has 1 aliphatic rings. The van der Waals surface area contributed by atoms with Crippen LogP contribution in [0.2, 0.25) is 0 Å². The third-order valence-electron chi connectivity index (χ3n) is 4.71. The monoisotopic (exact) mass is 383 g/mol. The van der Waals surface area contributed by atoms with Gasteiger partial charge in [0.25, 0.3) is 0 Å². The highest BCUT2D eigenvalue weighted by atomic mass is 32.2. The molecule has 140 valence electrons. The molecule has 4 rings (SSSR count). The van der Waals surface area contributed by atoms with E-state index < -0.39 is 10.0 Å². The van der Waals surface area contributed by atoms with Gasteiger partial charge in [0.1, 0.15) is 12.4 Å². The summed E-state index contributed by atoms with van der Waals surface area (Å²) >= 11 is 0. The van der Waals surface area contributed by atoms with Crippen LogP contribution < -0.4 is 4.74 Å². The van der Waals surface area contributed by atoms with Crippen molar-refractivity contribution in [3.8, 4) is 5.75 Å². The Morgan fingerprint density at radius 2 is 1.59 bits per heavy atom. The molecule has 0 saturated carbocycles. The Labute approximate surface area is 159 Å². The van der Waals surface area contributed by atoms with Gasteiger partial charge in [-0.1, -0.05) is 42.5 Å². The normalized spacial score (nSPS) is 15.7. The van der Waals surface area contributed by atoms with Crippen LogP contribution in [0.3, 0.4) is 0 Å². The Kier molecular flexibility index (Phi) is 5.11. The van der Waals surface area contributed by atoms with Crippen LogP contribution in [-0.4, -0.2) is 39.0 Å². The average molecular weight is 383 g/mol. The van der Waals surface area contributed by atoms with E-state index in [0.29, 0.717) is 38.7 Å². The second-order valence-electron chi connectivity index (χ2n) is 6.41. The predicted molar refractivity (Wildman–Crippen MR) is 104 cm³/mol. The van der Waals surface area contributed by atoms with Gasteiger partial charge in [0.2, 0.25) is 10.0 Å². The summed E-state index contributed by atoms with van der Waals surface area (Å²) in [5.74, 6) is 0.642. The summed E-state index contributed by atoms with van der Waals surface area (Å²) in [5, 5.41) is 2.33. The first-order chi connectivity index (χ1) is 13.1. The summed E-state index contributed by atoms with van der Waals surface area (Å²) < 4.78 is 37.9. The third-order valence-corrected chi connectivity index (χ3v) is 6.62. The first kappa shape index (κ1) is 18.0. The van der Waals surface area contributed by atoms with Crippen LogP contribution in [0.25, 0.3) is 10.8 Å². The Hall–Kier alpha value is -2.41. The first-order valence-electron chi connectivity index (χ1n) is 8.92. The maximum absolute atomic E-state index is 12.7. The fourth-order valence-corrected chi connectivity index (χ4v) is 4.63. The van der Waals surface area contributed by atoms with Gasteiger partial charge in [-0.15, -0.1) is 0 Å². The maximum atomic E-state index is 12.7. The molecule has 5 nitrogen and oxygen atoms in total. The molecule has 0 amide bonds. The quantitative estimate of drug-likeness (QED) is 0.677. The van der Waals surface area contributed by atoms with Crippen LogP contribution in [0.4, 0.5) is 0 Å². The van der Waals surface area contributed by atoms with E-state index in [1.54, 1.807) is 24.3 Å². The van der Waals surface area contributed by atoms with Gasteiger partial charge >= 0.3 is 0 Å². The maximum Gasteiger partial charge on any atom is 0.243 e. The highest BCUT2D eigenvalue weighted by molar-refractivity contribution is 7.89. The van der Waals surface area contributed by atoms with Gasteiger partial charge in [0.05, 0.1) is 18.1 Å². The first-order valence-corrected chi connectivity index (χ1v) is 10.4. The molecular weight excluding hydrogens is 362 g/mol. The molecule has 0 unspecified atom stereocenters. The van der Waals surface area contributed by atoms with Crippen molar-refractivity contribution in [1.29, 1.82) is 0 Å². The van der Waals surface area contributed by atoms with Gasteiger partial charge in [-0.25, -0.2) is 8.42 Å². The second-order valence-corrected chi connectivity index (χ2v) is 8.35. The van der Waals surface area contributed by atoms with E-state index in [1.165, 1.54) is 9.69 Å². The van der Waals surface area contributed by atoms with Crippen LogP contribution in [0.15, 0.2) is 71.6 Å². The van der Waals surface area contributed by atoms with Crippen molar-refractivity contribution >= 4 is 20.8 Å². The van der Waals surface area contributed by atoms with Gasteiger partial charge in [-0.05, 0) is 40.6 Å². The molecule has 3 aromatic carbocycles. The van der Waals surface area contributed by atoms with Crippen molar-refractivity contribution in [2.24, 2.45) is 0 Å². The van der Waals surface area contributed by atoms with Crippen LogP contribution in [0.5, 0.6) is 5.75 Å². The molecule has 6 heteroatoms. The van der Waals surface area contributed by atoms with E-state index >= 15 is 0 Å². The summed E-state index contributed by atoms with van der Waals surface area (Å²) in [7, 11) is -3.48. The van der Waals surface area contributed by atoms with Crippen LogP contribution in [0, 0.1) is 0 Å². The molecule has 1 fully saturated rings. The lowest BCUT2D eigenvalue weighted by atomic mass is 10.1. The van der Waals surface area contributed by atoms with Crippen molar-refractivity contribution < 1.29 is 17.9 Å². The third kappa shape index (κ3) is 3.83. The topological polar surface area (TPSA) is 55.8 Å². The summed E-state index contributed by atoms with van der Waals surface area (Å²) in [6.07, 6.45) is 0. The lowest BCUT2D eigenvalue weighted by Gasteiger charge is -2.26. The molecular formula is C21H21NO4S. The Bertz CT molecular complexity index is 1020. The van der Waals surface area contributed by atoms with Gasteiger partial charge in [-0.2, -0.15) is 4.31 Å². The SMILES string of the molecule is O=S(=O)(c1ccc(OCc2cccc3ccccc23)cc1)N1CCOCC1. The highest BCUT2D eigenvalue weighted by Crippen LogP contribution is 2.23. The Morgan fingerprint density at radius 1 is 0.889 bits per heavy atom. The molecule has 0 N–H and O–H groups in total. The van der Waals surface area contributed by atoms with Crippen LogP contribution >= 0.6 is 0 Å². The van der Waals surface area contributed by atoms with Crippen molar-refractivity contribution in [3.63, 3.8) is 0 Å². The summed E-state index contributed by atoms with van der Waals surface area (Å²) in [4.78, 5) is 0.280. The van der Waals surface area contributed by atoms with E-state index in [2.05, 4.69) is 18.2 Å². The Balaban J connectivity index is 1.48. The number of sulfonamides is 1. The van der Waals surface area contributed by atoms with E-state index in [0.717, 1.165) is 10.9 Å². The smallest absolute Gasteiger partial charge is 0.243 e. The number of hydrogen-bond donors (Lipinski definition) is 0. The molecule has 1 aliphatic heterocycles. The van der Waals surface area contributed by atoms with Crippen molar-refractivity contribution in [1.82, 2.24) is 4.31 Å². The fourth-order valence-electron chi connectivity index (χ4n) is 3.22. The zero-order valence-electron chi connectivity index (χ0n) is 14.9.